The molecule has 204 valence electrons. The Balaban J connectivity index is 0.00000217. The van der Waals surface area contributed by atoms with E-state index in [9.17, 15) is 24.0 Å². The van der Waals surface area contributed by atoms with E-state index in [0.29, 0.717) is 0 Å². The average molecular weight is 563 g/mol. The molecular weight excluding hydrogens is 534 g/mol. The molecule has 0 spiro atoms. The molecule has 1 saturated heterocycles. The van der Waals surface area contributed by atoms with E-state index in [1.54, 1.807) is 6.92 Å². The number of carboxylic acids is 2. The molecule has 1 aliphatic heterocycles. The number of hydrogen-bond acceptors (Lipinski definition) is 8. The second-order valence-electron chi connectivity index (χ2n) is 8.45. The summed E-state index contributed by atoms with van der Waals surface area (Å²) < 4.78 is 10.6. The molecule has 0 radical (unpaired) electrons. The lowest BCUT2D eigenvalue weighted by atomic mass is 9.74. The zero-order chi connectivity index (χ0) is 28.3. The molecule has 2 amide bonds. The Morgan fingerprint density at radius 2 is 1.68 bits per heavy atom. The number of hydrogen-bond donors (Lipinski definition) is 5. The minimum atomic E-state index is -2.22. The lowest BCUT2D eigenvalue weighted by Crippen LogP contribution is -2.51. The normalized spacial score (nSPS) is 14.8. The van der Waals surface area contributed by atoms with Gasteiger partial charge in [0.1, 0.15) is 0 Å². The van der Waals surface area contributed by atoms with Gasteiger partial charge in [0, 0.05) is 11.6 Å². The van der Waals surface area contributed by atoms with Gasteiger partial charge < -0.3 is 35.3 Å². The molecule has 5 N–H and O–H groups in total. The van der Waals surface area contributed by atoms with Gasteiger partial charge in [-0.1, -0.05) is 37.0 Å². The Morgan fingerprint density at radius 3 is 2.19 bits per heavy atom. The van der Waals surface area contributed by atoms with Crippen LogP contribution in [0.5, 0.6) is 0 Å². The molecular formula is C22H29BCl2N2O10. The minimum absolute atomic E-state index is 0.0265. The van der Waals surface area contributed by atoms with E-state index < -0.39 is 67.8 Å². The van der Waals surface area contributed by atoms with Crippen LogP contribution in [0, 0.1) is 5.92 Å². The van der Waals surface area contributed by atoms with Crippen LogP contribution < -0.4 is 10.6 Å². The second kappa shape index (κ2) is 14.8. The topological polar surface area (TPSA) is 189 Å². The summed E-state index contributed by atoms with van der Waals surface area (Å²) in [5.74, 6) is -6.32. The lowest BCUT2D eigenvalue weighted by molar-refractivity contribution is -0.157. The van der Waals surface area contributed by atoms with Gasteiger partial charge in [0.2, 0.25) is 5.91 Å². The highest BCUT2D eigenvalue weighted by atomic mass is 35.5. The van der Waals surface area contributed by atoms with Gasteiger partial charge >= 0.3 is 25.0 Å². The molecule has 0 aromatic heterocycles. The standard InChI is InChI=1S/C20H23BCl2N2O9.C2H6O/c1-10(2)5-14(21-33-19(32)20(34-21,7-16(27)28)8-17(29)30)25-15(26)9-24-18(31)12-6-11(22)3-4-13(12)23;1-2-3/h3-4,6,10,14H,5,7-9H2,1-2H3,(H,24,31)(H,25,26)(H,27,28)(H,29,30);3H,2H2,1H3/t14-;/m0./s1. The molecule has 1 fully saturated rings. The van der Waals surface area contributed by atoms with E-state index in [1.165, 1.54) is 18.2 Å². The van der Waals surface area contributed by atoms with Crippen LogP contribution >= 0.6 is 23.2 Å². The summed E-state index contributed by atoms with van der Waals surface area (Å²) in [4.78, 5) is 59.7. The van der Waals surface area contributed by atoms with Crippen LogP contribution in [0.1, 0.15) is 50.4 Å². The minimum Gasteiger partial charge on any atom is -0.506 e. The van der Waals surface area contributed by atoms with Crippen LogP contribution in [-0.2, 0) is 28.5 Å². The van der Waals surface area contributed by atoms with Gasteiger partial charge in [-0.3, -0.25) is 24.0 Å². The fourth-order valence-electron chi connectivity index (χ4n) is 3.38. The van der Waals surface area contributed by atoms with Gasteiger partial charge in [-0.05, 0) is 37.5 Å². The van der Waals surface area contributed by atoms with E-state index in [0.717, 1.165) is 0 Å². The molecule has 1 atom stereocenters. The summed E-state index contributed by atoms with van der Waals surface area (Å²) in [5.41, 5.74) is -2.15. The number of benzene rings is 1. The molecule has 0 bridgehead atoms. The van der Waals surface area contributed by atoms with Crippen LogP contribution in [0.25, 0.3) is 0 Å². The third kappa shape index (κ3) is 10.2. The number of amides is 2. The monoisotopic (exact) mass is 562 g/mol. The van der Waals surface area contributed by atoms with E-state index in [-0.39, 0.29) is 34.6 Å². The molecule has 0 saturated carbocycles. The van der Waals surface area contributed by atoms with Gasteiger partial charge in [0.25, 0.3) is 5.91 Å². The van der Waals surface area contributed by atoms with Crippen LogP contribution in [0.3, 0.4) is 0 Å². The highest BCUT2D eigenvalue weighted by Gasteiger charge is 2.57. The molecule has 1 aliphatic rings. The zero-order valence-corrected chi connectivity index (χ0v) is 22.0. The molecule has 1 aromatic carbocycles. The smallest absolute Gasteiger partial charge is 0.506 e. The maximum atomic E-state index is 12.5. The van der Waals surface area contributed by atoms with Crippen LogP contribution in [-0.4, -0.2) is 76.9 Å². The fourth-order valence-corrected chi connectivity index (χ4v) is 3.76. The maximum absolute atomic E-state index is 12.5. The summed E-state index contributed by atoms with van der Waals surface area (Å²) >= 11 is 11.8. The Bertz CT molecular complexity index is 992. The van der Waals surface area contributed by atoms with Crippen LogP contribution in [0.2, 0.25) is 10.0 Å². The Hall–Kier alpha value is -2.87. The third-order valence-electron chi connectivity index (χ3n) is 4.79. The highest BCUT2D eigenvalue weighted by Crippen LogP contribution is 2.32. The first-order chi connectivity index (χ1) is 17.2. The molecule has 1 heterocycles. The number of nitrogens with one attached hydrogen (secondary N) is 2. The predicted molar refractivity (Wildman–Crippen MR) is 133 cm³/mol. The van der Waals surface area contributed by atoms with Crippen molar-refractivity contribution in [2.24, 2.45) is 5.92 Å². The predicted octanol–water partition coefficient (Wildman–Crippen LogP) is 1.54. The summed E-state index contributed by atoms with van der Waals surface area (Å²) in [7, 11) is -1.42. The molecule has 2 rings (SSSR count). The first kappa shape index (κ1) is 32.2. The van der Waals surface area contributed by atoms with Gasteiger partial charge in [-0.15, -0.1) is 0 Å². The van der Waals surface area contributed by atoms with Gasteiger partial charge in [0.15, 0.2) is 5.60 Å². The van der Waals surface area contributed by atoms with E-state index in [2.05, 4.69) is 10.6 Å². The number of carbonyl (C=O) groups excluding carboxylic acids is 3. The zero-order valence-electron chi connectivity index (χ0n) is 20.5. The molecule has 0 aliphatic carbocycles. The van der Waals surface area contributed by atoms with Crippen molar-refractivity contribution < 1.29 is 48.6 Å². The van der Waals surface area contributed by atoms with Crippen molar-refractivity contribution in [1.82, 2.24) is 10.6 Å². The number of halogens is 2. The first-order valence-corrected chi connectivity index (χ1v) is 12.0. The van der Waals surface area contributed by atoms with Crippen LogP contribution in [0.4, 0.5) is 0 Å². The lowest BCUT2D eigenvalue weighted by Gasteiger charge is -2.24. The fraction of sp³-hybridized carbons (Fsp3) is 0.500. The van der Waals surface area contributed by atoms with Crippen molar-refractivity contribution in [2.45, 2.75) is 51.6 Å². The van der Waals surface area contributed by atoms with Crippen molar-refractivity contribution in [3.8, 4) is 0 Å². The third-order valence-corrected chi connectivity index (χ3v) is 5.36. The molecule has 15 heteroatoms. The van der Waals surface area contributed by atoms with Gasteiger partial charge in [-0.25, -0.2) is 0 Å². The quantitative estimate of drug-likeness (QED) is 0.247. The number of carboxylic acid groups (broad SMARTS) is 2. The molecule has 12 nitrogen and oxygen atoms in total. The Morgan fingerprint density at radius 1 is 1.11 bits per heavy atom. The van der Waals surface area contributed by atoms with Crippen molar-refractivity contribution >= 4 is 60.0 Å². The Labute approximate surface area is 223 Å². The average Bonchev–Trinajstić information content (AvgIpc) is 3.07. The van der Waals surface area contributed by atoms with E-state index >= 15 is 0 Å². The molecule has 0 unspecified atom stereocenters. The highest BCUT2D eigenvalue weighted by molar-refractivity contribution is 6.51. The number of rotatable bonds is 11. The van der Waals surface area contributed by atoms with E-state index in [4.69, 9.17) is 47.8 Å². The number of aliphatic hydroxyl groups excluding tert-OH is 1. The van der Waals surface area contributed by atoms with Crippen molar-refractivity contribution in [3.63, 3.8) is 0 Å². The number of carbonyl (C=O) groups is 5. The van der Waals surface area contributed by atoms with Gasteiger partial charge in [0.05, 0.1) is 35.9 Å². The van der Waals surface area contributed by atoms with E-state index in [1.807, 2.05) is 13.8 Å². The summed E-state index contributed by atoms with van der Waals surface area (Å²) in [5, 5.41) is 31.2. The first-order valence-electron chi connectivity index (χ1n) is 11.2. The second-order valence-corrected chi connectivity index (χ2v) is 9.30. The molecule has 1 aromatic rings. The summed E-state index contributed by atoms with van der Waals surface area (Å²) in [6, 6.07) is 4.28. The summed E-state index contributed by atoms with van der Waals surface area (Å²) in [6.45, 7) is 5.10. The molecule has 37 heavy (non-hydrogen) atoms. The van der Waals surface area contributed by atoms with Crippen LogP contribution in [0.15, 0.2) is 18.2 Å². The number of aliphatic carboxylic acids is 2. The van der Waals surface area contributed by atoms with Gasteiger partial charge in [-0.2, -0.15) is 0 Å². The number of aliphatic hydroxyl groups is 1. The maximum Gasteiger partial charge on any atom is 0.552 e. The Kier molecular flexibility index (Phi) is 12.8. The van der Waals surface area contributed by atoms with Crippen molar-refractivity contribution in [1.29, 1.82) is 0 Å². The largest absolute Gasteiger partial charge is 0.552 e. The van der Waals surface area contributed by atoms with Crippen molar-refractivity contribution in [3.05, 3.63) is 33.8 Å². The summed E-state index contributed by atoms with van der Waals surface area (Å²) in [6.07, 6.45) is -1.60. The SMILES string of the molecule is CC(C)C[C@H](NC(=O)CNC(=O)c1cc(Cl)ccc1Cl)B1OC(=O)C(CC(=O)O)(CC(=O)O)O1.CCO. The van der Waals surface area contributed by atoms with Crippen molar-refractivity contribution in [2.75, 3.05) is 13.2 Å².